The van der Waals surface area contributed by atoms with Gasteiger partial charge in [-0.15, -0.1) is 0 Å². The Morgan fingerprint density at radius 3 is 2.42 bits per heavy atom. The molecule has 0 saturated heterocycles. The number of benzene rings is 1. The van der Waals surface area contributed by atoms with Crippen molar-refractivity contribution in [3.05, 3.63) is 42.0 Å². The lowest BCUT2D eigenvalue weighted by molar-refractivity contribution is -0.137. The van der Waals surface area contributed by atoms with Crippen LogP contribution in [0.25, 0.3) is 0 Å². The van der Waals surface area contributed by atoms with Gasteiger partial charge in [0.25, 0.3) is 0 Å². The number of halogens is 3. The van der Waals surface area contributed by atoms with E-state index >= 15 is 0 Å². The Kier molecular flexibility index (Phi) is 3.73. The van der Waals surface area contributed by atoms with Gasteiger partial charge >= 0.3 is 6.18 Å². The van der Waals surface area contributed by atoms with Crippen LogP contribution in [0, 0.1) is 0 Å². The highest BCUT2D eigenvalue weighted by molar-refractivity contribution is 5.45. The molecule has 4 nitrogen and oxygen atoms in total. The SMILES string of the molecule is Cn1cnc(CCNc2ccc(C(F)(F)F)cc2)n1. The summed E-state index contributed by atoms with van der Waals surface area (Å²) < 4.78 is 38.7. The van der Waals surface area contributed by atoms with Gasteiger partial charge in [-0.25, -0.2) is 4.98 Å². The number of nitrogens with zero attached hydrogens (tertiary/aromatic N) is 3. The molecule has 0 aliphatic heterocycles. The Hall–Kier alpha value is -2.05. The number of nitrogens with one attached hydrogen (secondary N) is 1. The normalized spacial score (nSPS) is 11.6. The van der Waals surface area contributed by atoms with Crippen molar-refractivity contribution in [1.82, 2.24) is 14.8 Å². The number of alkyl halides is 3. The topological polar surface area (TPSA) is 42.7 Å². The first-order chi connectivity index (χ1) is 8.95. The zero-order chi connectivity index (χ0) is 13.9. The van der Waals surface area contributed by atoms with Gasteiger partial charge in [0.15, 0.2) is 5.82 Å². The molecule has 0 unspecified atom stereocenters. The van der Waals surface area contributed by atoms with Crippen LogP contribution >= 0.6 is 0 Å². The average Bonchev–Trinajstić information content (AvgIpc) is 2.75. The molecule has 1 heterocycles. The fourth-order valence-electron chi connectivity index (χ4n) is 1.59. The Morgan fingerprint density at radius 2 is 1.89 bits per heavy atom. The summed E-state index contributed by atoms with van der Waals surface area (Å²) in [5.74, 6) is 0.696. The van der Waals surface area contributed by atoms with Crippen LogP contribution in [0.1, 0.15) is 11.4 Å². The van der Waals surface area contributed by atoms with E-state index in [0.29, 0.717) is 24.5 Å². The molecule has 102 valence electrons. The van der Waals surface area contributed by atoms with Crippen LogP contribution in [-0.4, -0.2) is 21.3 Å². The predicted molar refractivity (Wildman–Crippen MR) is 64.6 cm³/mol. The maximum Gasteiger partial charge on any atom is 0.416 e. The second kappa shape index (κ2) is 5.29. The largest absolute Gasteiger partial charge is 0.416 e. The van der Waals surface area contributed by atoms with Gasteiger partial charge in [0.2, 0.25) is 0 Å². The van der Waals surface area contributed by atoms with E-state index in [4.69, 9.17) is 0 Å². The molecular weight excluding hydrogens is 257 g/mol. The van der Waals surface area contributed by atoms with Crippen LogP contribution in [0.4, 0.5) is 18.9 Å². The van der Waals surface area contributed by atoms with E-state index in [2.05, 4.69) is 15.4 Å². The third-order valence-electron chi connectivity index (χ3n) is 2.54. The molecule has 0 saturated carbocycles. The molecule has 7 heteroatoms. The molecule has 0 bridgehead atoms. The number of hydrogen-bond acceptors (Lipinski definition) is 3. The van der Waals surface area contributed by atoms with E-state index in [1.165, 1.54) is 12.1 Å². The lowest BCUT2D eigenvalue weighted by atomic mass is 10.2. The maximum atomic E-state index is 12.4. The first kappa shape index (κ1) is 13.4. The third-order valence-corrected chi connectivity index (χ3v) is 2.54. The van der Waals surface area contributed by atoms with E-state index in [0.717, 1.165) is 12.1 Å². The zero-order valence-electron chi connectivity index (χ0n) is 10.3. The first-order valence-electron chi connectivity index (χ1n) is 5.71. The lowest BCUT2D eigenvalue weighted by Crippen LogP contribution is -2.08. The number of aromatic nitrogens is 3. The van der Waals surface area contributed by atoms with Gasteiger partial charge in [-0.2, -0.15) is 18.3 Å². The molecule has 0 spiro atoms. The summed E-state index contributed by atoms with van der Waals surface area (Å²) in [6, 6.07) is 4.94. The molecule has 19 heavy (non-hydrogen) atoms. The summed E-state index contributed by atoms with van der Waals surface area (Å²) in [4.78, 5) is 4.06. The summed E-state index contributed by atoms with van der Waals surface area (Å²) in [6.07, 6.45) is -2.08. The van der Waals surface area contributed by atoms with Crippen molar-refractivity contribution >= 4 is 5.69 Å². The van der Waals surface area contributed by atoms with Crippen molar-refractivity contribution in [1.29, 1.82) is 0 Å². The standard InChI is InChI=1S/C12H13F3N4/c1-19-8-17-11(18-19)6-7-16-10-4-2-9(3-5-10)12(13,14)15/h2-5,8,16H,6-7H2,1H3. The Labute approximate surface area is 108 Å². The van der Waals surface area contributed by atoms with Crippen molar-refractivity contribution in [3.8, 4) is 0 Å². The van der Waals surface area contributed by atoms with Crippen LogP contribution in [0.2, 0.25) is 0 Å². The summed E-state index contributed by atoms with van der Waals surface area (Å²) in [5.41, 5.74) is -0.00614. The van der Waals surface area contributed by atoms with Gasteiger partial charge in [0.1, 0.15) is 6.33 Å². The second-order valence-corrected chi connectivity index (χ2v) is 4.09. The summed E-state index contributed by atoms with van der Waals surface area (Å²) >= 11 is 0. The van der Waals surface area contributed by atoms with Crippen molar-refractivity contribution < 1.29 is 13.2 Å². The molecule has 0 fully saturated rings. The number of hydrogen-bond donors (Lipinski definition) is 1. The van der Waals surface area contributed by atoms with Gasteiger partial charge < -0.3 is 5.32 Å². The minimum absolute atomic E-state index is 0.565. The molecule has 1 N–H and O–H groups in total. The smallest absolute Gasteiger partial charge is 0.385 e. The Bertz CT molecular complexity index is 531. The van der Waals surface area contributed by atoms with E-state index in [-0.39, 0.29) is 0 Å². The van der Waals surface area contributed by atoms with Gasteiger partial charge in [-0.3, -0.25) is 4.68 Å². The van der Waals surface area contributed by atoms with Gasteiger partial charge in [-0.1, -0.05) is 0 Å². The summed E-state index contributed by atoms with van der Waals surface area (Å²) in [7, 11) is 1.78. The molecule has 0 radical (unpaired) electrons. The van der Waals surface area contributed by atoms with E-state index < -0.39 is 11.7 Å². The molecule has 1 aromatic carbocycles. The Balaban J connectivity index is 1.86. The van der Waals surface area contributed by atoms with Crippen LogP contribution in [0.5, 0.6) is 0 Å². The highest BCUT2D eigenvalue weighted by Gasteiger charge is 2.29. The number of anilines is 1. The maximum absolute atomic E-state index is 12.4. The fraction of sp³-hybridized carbons (Fsp3) is 0.333. The van der Waals surface area contributed by atoms with Crippen LogP contribution in [0.3, 0.4) is 0 Å². The lowest BCUT2D eigenvalue weighted by Gasteiger charge is -2.08. The van der Waals surface area contributed by atoms with Crippen LogP contribution < -0.4 is 5.32 Å². The highest BCUT2D eigenvalue weighted by atomic mass is 19.4. The molecule has 0 atom stereocenters. The number of aryl methyl sites for hydroxylation is 1. The zero-order valence-corrected chi connectivity index (χ0v) is 10.3. The van der Waals surface area contributed by atoms with E-state index in [9.17, 15) is 13.2 Å². The molecule has 1 aromatic heterocycles. The van der Waals surface area contributed by atoms with Gasteiger partial charge in [-0.05, 0) is 24.3 Å². The summed E-state index contributed by atoms with van der Waals surface area (Å²) in [5, 5.41) is 7.13. The van der Waals surface area contributed by atoms with Crippen molar-refractivity contribution in [2.75, 3.05) is 11.9 Å². The van der Waals surface area contributed by atoms with Crippen molar-refractivity contribution in [2.24, 2.45) is 7.05 Å². The minimum Gasteiger partial charge on any atom is -0.385 e. The van der Waals surface area contributed by atoms with Gasteiger partial charge in [0, 0.05) is 25.7 Å². The molecular formula is C12H13F3N4. The van der Waals surface area contributed by atoms with Crippen LogP contribution in [0.15, 0.2) is 30.6 Å². The average molecular weight is 270 g/mol. The van der Waals surface area contributed by atoms with Crippen molar-refractivity contribution in [3.63, 3.8) is 0 Å². The van der Waals surface area contributed by atoms with E-state index in [1.54, 1.807) is 18.1 Å². The molecule has 0 aliphatic carbocycles. The van der Waals surface area contributed by atoms with Gasteiger partial charge in [0.05, 0.1) is 5.56 Å². The molecule has 2 rings (SSSR count). The molecule has 2 aromatic rings. The Morgan fingerprint density at radius 1 is 1.21 bits per heavy atom. The highest BCUT2D eigenvalue weighted by Crippen LogP contribution is 2.29. The second-order valence-electron chi connectivity index (χ2n) is 4.09. The monoisotopic (exact) mass is 270 g/mol. The number of rotatable bonds is 4. The molecule has 0 amide bonds. The minimum atomic E-state index is -4.30. The summed E-state index contributed by atoms with van der Waals surface area (Å²) in [6.45, 7) is 0.565. The third kappa shape index (κ3) is 3.70. The molecule has 0 aliphatic rings. The van der Waals surface area contributed by atoms with Crippen LogP contribution in [-0.2, 0) is 19.6 Å². The quantitative estimate of drug-likeness (QED) is 0.928. The first-order valence-corrected chi connectivity index (χ1v) is 5.71. The predicted octanol–water partition coefficient (Wildman–Crippen LogP) is 2.49. The van der Waals surface area contributed by atoms with Crippen molar-refractivity contribution in [2.45, 2.75) is 12.6 Å². The van der Waals surface area contributed by atoms with E-state index in [1.807, 2.05) is 0 Å². The fourth-order valence-corrected chi connectivity index (χ4v) is 1.59.